The maximum absolute atomic E-state index is 12.3. The smallest absolute Gasteiger partial charge is 0.141 e. The zero-order valence-electron chi connectivity index (χ0n) is 11.7. The molecular weight excluding hydrogens is 196 g/mol. The molecule has 0 amide bonds. The third kappa shape index (κ3) is 4.96. The Hall–Kier alpha value is -0.590. The van der Waals surface area contributed by atoms with Crippen molar-refractivity contribution in [3.8, 4) is 0 Å². The lowest BCUT2D eigenvalue weighted by Crippen LogP contribution is -2.33. The Morgan fingerprint density at radius 3 is 2.25 bits per heavy atom. The summed E-state index contributed by atoms with van der Waals surface area (Å²) in [4.78, 5) is 12.3. The van der Waals surface area contributed by atoms with Crippen molar-refractivity contribution in [2.75, 3.05) is 0 Å². The Bertz CT molecular complexity index is 228. The van der Waals surface area contributed by atoms with Crippen LogP contribution in [0.3, 0.4) is 0 Å². The number of carbonyl (C=O) groups is 1. The zero-order valence-corrected chi connectivity index (χ0v) is 11.7. The van der Waals surface area contributed by atoms with E-state index in [1.54, 1.807) is 0 Å². The molecule has 0 bridgehead atoms. The zero-order chi connectivity index (χ0) is 12.8. The number of ketones is 1. The highest BCUT2D eigenvalue weighted by Gasteiger charge is 2.34. The van der Waals surface area contributed by atoms with Crippen molar-refractivity contribution in [3.05, 3.63) is 12.7 Å². The largest absolute Gasteiger partial charge is 0.299 e. The van der Waals surface area contributed by atoms with Crippen molar-refractivity contribution in [1.82, 2.24) is 0 Å². The van der Waals surface area contributed by atoms with Crippen LogP contribution in [-0.4, -0.2) is 5.78 Å². The van der Waals surface area contributed by atoms with Crippen LogP contribution >= 0.6 is 0 Å². The van der Waals surface area contributed by atoms with Gasteiger partial charge < -0.3 is 0 Å². The molecule has 0 rings (SSSR count). The lowest BCUT2D eigenvalue weighted by atomic mass is 9.71. The molecule has 0 saturated carbocycles. The molecule has 94 valence electrons. The number of rotatable bonds is 8. The number of unbranched alkanes of at least 4 members (excludes halogenated alkanes) is 1. The fourth-order valence-corrected chi connectivity index (χ4v) is 2.56. The molecule has 0 saturated heterocycles. The minimum absolute atomic E-state index is 0.134. The summed E-state index contributed by atoms with van der Waals surface area (Å²) >= 11 is 0. The van der Waals surface area contributed by atoms with Crippen LogP contribution in [0.2, 0.25) is 0 Å². The predicted molar refractivity (Wildman–Crippen MR) is 71.5 cm³/mol. The minimum atomic E-state index is -0.134. The van der Waals surface area contributed by atoms with E-state index in [4.69, 9.17) is 0 Å². The second kappa shape index (κ2) is 6.88. The second-order valence-electron chi connectivity index (χ2n) is 5.86. The maximum atomic E-state index is 12.3. The first-order valence-electron chi connectivity index (χ1n) is 6.48. The first-order valence-corrected chi connectivity index (χ1v) is 6.48. The second-order valence-corrected chi connectivity index (χ2v) is 5.86. The first-order chi connectivity index (χ1) is 7.33. The quantitative estimate of drug-likeness (QED) is 0.434. The monoisotopic (exact) mass is 224 g/mol. The maximum Gasteiger partial charge on any atom is 0.141 e. The number of carbonyl (C=O) groups excluding carboxylic acids is 1. The summed E-state index contributed by atoms with van der Waals surface area (Å²) < 4.78 is 0. The van der Waals surface area contributed by atoms with E-state index in [1.807, 2.05) is 19.9 Å². The normalized spacial score (nSPS) is 15.2. The van der Waals surface area contributed by atoms with E-state index in [-0.39, 0.29) is 11.3 Å². The molecular formula is C15H28O. The predicted octanol–water partition coefficient (Wildman–Crippen LogP) is 4.62. The fourth-order valence-electron chi connectivity index (χ4n) is 2.56. The summed E-state index contributed by atoms with van der Waals surface area (Å²) in [6.07, 6.45) is 6.02. The highest BCUT2D eigenvalue weighted by Crippen LogP contribution is 2.35. The lowest BCUT2D eigenvalue weighted by molar-refractivity contribution is -0.132. The van der Waals surface area contributed by atoms with Crippen LogP contribution in [-0.2, 0) is 4.79 Å². The molecule has 0 fully saturated rings. The molecule has 0 aromatic carbocycles. The SMILES string of the molecule is C=CCCC[C@](C)(CC(C)C)C(=O)C(C)C. The molecule has 1 atom stereocenters. The first kappa shape index (κ1) is 15.4. The van der Waals surface area contributed by atoms with Crippen molar-refractivity contribution in [2.24, 2.45) is 17.3 Å². The standard InChI is InChI=1S/C15H28O/c1-7-8-9-10-15(6,11-12(2)3)14(16)13(4)5/h7,12-13H,1,8-11H2,2-6H3/t15-/m1/s1. The van der Waals surface area contributed by atoms with Crippen LogP contribution in [0.15, 0.2) is 12.7 Å². The topological polar surface area (TPSA) is 17.1 Å². The van der Waals surface area contributed by atoms with Crippen molar-refractivity contribution in [3.63, 3.8) is 0 Å². The Kier molecular flexibility index (Phi) is 6.62. The summed E-state index contributed by atoms with van der Waals surface area (Å²) in [5, 5.41) is 0. The molecule has 0 aliphatic carbocycles. The molecule has 1 heteroatoms. The molecule has 0 unspecified atom stereocenters. The van der Waals surface area contributed by atoms with Crippen LogP contribution in [0.5, 0.6) is 0 Å². The molecule has 0 aliphatic heterocycles. The van der Waals surface area contributed by atoms with Crippen LogP contribution in [0.25, 0.3) is 0 Å². The molecule has 0 aromatic rings. The van der Waals surface area contributed by atoms with Gasteiger partial charge in [-0.2, -0.15) is 0 Å². The van der Waals surface area contributed by atoms with E-state index in [2.05, 4.69) is 27.4 Å². The fraction of sp³-hybridized carbons (Fsp3) is 0.800. The third-order valence-electron chi connectivity index (χ3n) is 3.11. The summed E-state index contributed by atoms with van der Waals surface area (Å²) in [7, 11) is 0. The van der Waals surface area contributed by atoms with Gasteiger partial charge in [-0.3, -0.25) is 4.79 Å². The van der Waals surface area contributed by atoms with Gasteiger partial charge >= 0.3 is 0 Å². The molecule has 0 aromatic heterocycles. The summed E-state index contributed by atoms with van der Waals surface area (Å²) in [5.41, 5.74) is -0.134. The molecule has 16 heavy (non-hydrogen) atoms. The molecule has 0 N–H and O–H groups in total. The Morgan fingerprint density at radius 2 is 1.88 bits per heavy atom. The van der Waals surface area contributed by atoms with Gasteiger partial charge in [0.1, 0.15) is 5.78 Å². The van der Waals surface area contributed by atoms with E-state index in [0.717, 1.165) is 25.7 Å². The number of Topliss-reactive ketones (excluding diaryl/α,β-unsaturated/α-hetero) is 1. The highest BCUT2D eigenvalue weighted by molar-refractivity contribution is 5.86. The van der Waals surface area contributed by atoms with E-state index in [1.165, 1.54) is 0 Å². The van der Waals surface area contributed by atoms with Gasteiger partial charge in [-0.25, -0.2) is 0 Å². The van der Waals surface area contributed by atoms with E-state index in [9.17, 15) is 4.79 Å². The average Bonchev–Trinajstić information content (AvgIpc) is 2.15. The molecule has 0 spiro atoms. The van der Waals surface area contributed by atoms with Gasteiger partial charge in [0, 0.05) is 11.3 Å². The Labute approximate surface area is 101 Å². The van der Waals surface area contributed by atoms with Gasteiger partial charge in [-0.15, -0.1) is 6.58 Å². The summed E-state index contributed by atoms with van der Waals surface area (Å²) in [6, 6.07) is 0. The van der Waals surface area contributed by atoms with Gasteiger partial charge in [0.2, 0.25) is 0 Å². The average molecular weight is 224 g/mol. The van der Waals surface area contributed by atoms with Crippen LogP contribution in [0, 0.1) is 17.3 Å². The Morgan fingerprint density at radius 1 is 1.31 bits per heavy atom. The minimum Gasteiger partial charge on any atom is -0.299 e. The molecule has 0 aliphatic rings. The highest BCUT2D eigenvalue weighted by atomic mass is 16.1. The van der Waals surface area contributed by atoms with E-state index < -0.39 is 0 Å². The summed E-state index contributed by atoms with van der Waals surface area (Å²) in [5.74, 6) is 1.15. The molecule has 0 heterocycles. The van der Waals surface area contributed by atoms with E-state index in [0.29, 0.717) is 11.7 Å². The number of allylic oxidation sites excluding steroid dienone is 1. The third-order valence-corrected chi connectivity index (χ3v) is 3.11. The van der Waals surface area contributed by atoms with Gasteiger partial charge in [-0.1, -0.05) is 40.7 Å². The van der Waals surface area contributed by atoms with Crippen molar-refractivity contribution < 1.29 is 4.79 Å². The molecule has 0 radical (unpaired) electrons. The molecule has 1 nitrogen and oxygen atoms in total. The lowest BCUT2D eigenvalue weighted by Gasteiger charge is -2.31. The van der Waals surface area contributed by atoms with Gasteiger partial charge in [-0.05, 0) is 31.6 Å². The van der Waals surface area contributed by atoms with Crippen LogP contribution in [0.1, 0.15) is 60.3 Å². The van der Waals surface area contributed by atoms with E-state index >= 15 is 0 Å². The number of hydrogen-bond donors (Lipinski definition) is 0. The van der Waals surface area contributed by atoms with Crippen LogP contribution in [0.4, 0.5) is 0 Å². The van der Waals surface area contributed by atoms with Crippen molar-refractivity contribution in [2.45, 2.75) is 60.3 Å². The van der Waals surface area contributed by atoms with Gasteiger partial charge in [0.25, 0.3) is 0 Å². The van der Waals surface area contributed by atoms with Crippen molar-refractivity contribution in [1.29, 1.82) is 0 Å². The van der Waals surface area contributed by atoms with Gasteiger partial charge in [0.15, 0.2) is 0 Å². The van der Waals surface area contributed by atoms with Crippen LogP contribution < -0.4 is 0 Å². The number of hydrogen-bond acceptors (Lipinski definition) is 1. The van der Waals surface area contributed by atoms with Crippen molar-refractivity contribution >= 4 is 5.78 Å². The Balaban J connectivity index is 4.59. The summed E-state index contributed by atoms with van der Waals surface area (Å²) in [6.45, 7) is 14.3. The van der Waals surface area contributed by atoms with Gasteiger partial charge in [0.05, 0.1) is 0 Å².